The van der Waals surface area contributed by atoms with Crippen LogP contribution in [0.2, 0.25) is 0 Å². The molecule has 1 atom stereocenters. The monoisotopic (exact) mass is 282 g/mol. The first-order valence-electron chi connectivity index (χ1n) is 6.34. The first-order valence-corrected chi connectivity index (χ1v) is 6.34. The maximum atomic E-state index is 13.4. The van der Waals surface area contributed by atoms with Crippen molar-refractivity contribution in [3.8, 4) is 0 Å². The summed E-state index contributed by atoms with van der Waals surface area (Å²) in [7, 11) is 0. The second-order valence-electron chi connectivity index (χ2n) is 4.31. The predicted octanol–water partition coefficient (Wildman–Crippen LogP) is 2.63. The molecule has 0 aliphatic heterocycles. The number of hydrogen-bond donors (Lipinski definition) is 2. The second-order valence-corrected chi connectivity index (χ2v) is 4.31. The van der Waals surface area contributed by atoms with Gasteiger partial charge in [0, 0.05) is 18.2 Å². The van der Waals surface area contributed by atoms with Gasteiger partial charge in [-0.05, 0) is 19.5 Å². The summed E-state index contributed by atoms with van der Waals surface area (Å²) in [5.41, 5.74) is 0.325. The summed E-state index contributed by atoms with van der Waals surface area (Å²) in [6, 6.07) is 3.56. The maximum Gasteiger partial charge on any atom is 0.315 e. The van der Waals surface area contributed by atoms with Crippen molar-refractivity contribution in [2.24, 2.45) is 0 Å². The Balaban J connectivity index is 1.97. The van der Waals surface area contributed by atoms with Crippen LogP contribution in [0.4, 0.5) is 14.8 Å². The van der Waals surface area contributed by atoms with E-state index in [4.69, 9.17) is 4.42 Å². The molecule has 20 heavy (non-hydrogen) atoms. The van der Waals surface area contributed by atoms with Gasteiger partial charge in [-0.1, -0.05) is 18.1 Å². The van der Waals surface area contributed by atoms with E-state index in [1.165, 1.54) is 12.1 Å². The van der Waals surface area contributed by atoms with E-state index in [0.717, 1.165) is 12.6 Å². The smallest absolute Gasteiger partial charge is 0.315 e. The van der Waals surface area contributed by atoms with E-state index < -0.39 is 11.6 Å². The molecule has 0 saturated carbocycles. The second kappa shape index (κ2) is 6.42. The van der Waals surface area contributed by atoms with Crippen LogP contribution in [0.3, 0.4) is 0 Å². The number of halogens is 2. The average molecular weight is 282 g/mol. The summed E-state index contributed by atoms with van der Waals surface area (Å²) >= 11 is 0. The van der Waals surface area contributed by atoms with Gasteiger partial charge in [-0.15, -0.1) is 5.10 Å². The van der Waals surface area contributed by atoms with Crippen molar-refractivity contribution in [3.63, 3.8) is 0 Å². The number of aromatic nitrogens is 2. The van der Waals surface area contributed by atoms with E-state index >= 15 is 0 Å². The summed E-state index contributed by atoms with van der Waals surface area (Å²) < 4.78 is 31.6. The Bertz CT molecular complexity index is 573. The summed E-state index contributed by atoms with van der Waals surface area (Å²) in [6.45, 7) is 4.81. The Labute approximate surface area is 115 Å². The standard InChI is InChI=1S/C13H16F2N4O/c1-3-16-8(2)12-18-19-13(20-12)17-7-9-4-5-10(14)6-11(9)15/h4-6,8,16H,3,7H2,1-2H3,(H,17,19). The van der Waals surface area contributed by atoms with Crippen LogP contribution in [0.1, 0.15) is 31.3 Å². The lowest BCUT2D eigenvalue weighted by molar-refractivity contribution is 0.428. The molecule has 5 nitrogen and oxygen atoms in total. The third-order valence-electron chi connectivity index (χ3n) is 2.77. The molecule has 7 heteroatoms. The van der Waals surface area contributed by atoms with Crippen LogP contribution in [0, 0.1) is 11.6 Å². The van der Waals surface area contributed by atoms with Gasteiger partial charge in [-0.25, -0.2) is 8.78 Å². The molecule has 1 aromatic carbocycles. The molecule has 0 radical (unpaired) electrons. The third-order valence-corrected chi connectivity index (χ3v) is 2.77. The Hall–Kier alpha value is -2.02. The van der Waals surface area contributed by atoms with Gasteiger partial charge in [0.05, 0.1) is 6.04 Å². The van der Waals surface area contributed by atoms with Crippen molar-refractivity contribution in [2.75, 3.05) is 11.9 Å². The first kappa shape index (κ1) is 14.4. The molecule has 2 rings (SSSR count). The van der Waals surface area contributed by atoms with Gasteiger partial charge in [0.1, 0.15) is 11.6 Å². The van der Waals surface area contributed by atoms with Gasteiger partial charge in [-0.3, -0.25) is 0 Å². The number of nitrogens with zero attached hydrogens (tertiary/aromatic N) is 2. The molecule has 0 spiro atoms. The van der Waals surface area contributed by atoms with E-state index in [1.807, 2.05) is 13.8 Å². The van der Waals surface area contributed by atoms with Crippen LogP contribution < -0.4 is 10.6 Å². The molecule has 0 aliphatic carbocycles. The van der Waals surface area contributed by atoms with Crippen molar-refractivity contribution in [1.29, 1.82) is 0 Å². The predicted molar refractivity (Wildman–Crippen MR) is 70.1 cm³/mol. The van der Waals surface area contributed by atoms with Crippen molar-refractivity contribution in [1.82, 2.24) is 15.5 Å². The topological polar surface area (TPSA) is 63.0 Å². The van der Waals surface area contributed by atoms with Crippen LogP contribution >= 0.6 is 0 Å². The quantitative estimate of drug-likeness (QED) is 0.852. The molecule has 0 bridgehead atoms. The highest BCUT2D eigenvalue weighted by Crippen LogP contribution is 2.15. The van der Waals surface area contributed by atoms with Crippen LogP contribution in [-0.2, 0) is 6.54 Å². The van der Waals surface area contributed by atoms with Crippen LogP contribution in [0.15, 0.2) is 22.6 Å². The highest BCUT2D eigenvalue weighted by Gasteiger charge is 2.13. The lowest BCUT2D eigenvalue weighted by Crippen LogP contribution is -2.17. The zero-order chi connectivity index (χ0) is 14.5. The van der Waals surface area contributed by atoms with E-state index in [1.54, 1.807) is 0 Å². The number of hydrogen-bond acceptors (Lipinski definition) is 5. The Morgan fingerprint density at radius 3 is 2.80 bits per heavy atom. The molecular formula is C13H16F2N4O. The highest BCUT2D eigenvalue weighted by atomic mass is 19.1. The summed E-state index contributed by atoms with van der Waals surface area (Å²) in [6.07, 6.45) is 0. The zero-order valence-corrected chi connectivity index (χ0v) is 11.3. The number of rotatable bonds is 6. The van der Waals surface area contributed by atoms with E-state index in [-0.39, 0.29) is 18.6 Å². The summed E-state index contributed by atoms with van der Waals surface area (Å²) in [5, 5.41) is 13.7. The highest BCUT2D eigenvalue weighted by molar-refractivity contribution is 5.25. The van der Waals surface area contributed by atoms with Crippen LogP contribution in [0.5, 0.6) is 0 Å². The minimum absolute atomic E-state index is 0.0504. The molecule has 0 saturated heterocycles. The maximum absolute atomic E-state index is 13.4. The van der Waals surface area contributed by atoms with E-state index in [9.17, 15) is 8.78 Å². The van der Waals surface area contributed by atoms with Gasteiger partial charge >= 0.3 is 6.01 Å². The molecule has 1 heterocycles. The number of anilines is 1. The summed E-state index contributed by atoms with van der Waals surface area (Å²) in [5.74, 6) is -0.766. The van der Waals surface area contributed by atoms with Gasteiger partial charge in [-0.2, -0.15) is 0 Å². The first-order chi connectivity index (χ1) is 9.60. The lowest BCUT2D eigenvalue weighted by Gasteiger charge is -2.06. The minimum atomic E-state index is -0.613. The lowest BCUT2D eigenvalue weighted by atomic mass is 10.2. The minimum Gasteiger partial charge on any atom is -0.406 e. The molecule has 1 aromatic heterocycles. The van der Waals surface area contributed by atoms with E-state index in [2.05, 4.69) is 20.8 Å². The Morgan fingerprint density at radius 1 is 1.30 bits per heavy atom. The van der Waals surface area contributed by atoms with Crippen LogP contribution in [0.25, 0.3) is 0 Å². The van der Waals surface area contributed by atoms with Gasteiger partial charge in [0.25, 0.3) is 0 Å². The fourth-order valence-corrected chi connectivity index (χ4v) is 1.71. The normalized spacial score (nSPS) is 12.4. The van der Waals surface area contributed by atoms with Crippen molar-refractivity contribution in [3.05, 3.63) is 41.3 Å². The van der Waals surface area contributed by atoms with Crippen molar-refractivity contribution < 1.29 is 13.2 Å². The largest absolute Gasteiger partial charge is 0.406 e. The molecule has 0 aliphatic rings. The van der Waals surface area contributed by atoms with Gasteiger partial charge in [0.15, 0.2) is 0 Å². The number of benzene rings is 1. The van der Waals surface area contributed by atoms with Crippen LogP contribution in [-0.4, -0.2) is 16.7 Å². The molecule has 108 valence electrons. The van der Waals surface area contributed by atoms with Gasteiger partial charge < -0.3 is 15.1 Å². The molecular weight excluding hydrogens is 266 g/mol. The fraction of sp³-hybridized carbons (Fsp3) is 0.385. The molecule has 0 amide bonds. The van der Waals surface area contributed by atoms with Gasteiger partial charge in [0.2, 0.25) is 5.89 Å². The Kier molecular flexibility index (Phi) is 4.62. The SMILES string of the molecule is CCNC(C)c1nnc(NCc2ccc(F)cc2F)o1. The molecule has 1 unspecified atom stereocenters. The van der Waals surface area contributed by atoms with E-state index in [0.29, 0.717) is 11.5 Å². The average Bonchev–Trinajstić information content (AvgIpc) is 2.87. The zero-order valence-electron chi connectivity index (χ0n) is 11.3. The third kappa shape index (κ3) is 3.51. The van der Waals surface area contributed by atoms with Crippen molar-refractivity contribution in [2.45, 2.75) is 26.4 Å². The molecule has 0 fully saturated rings. The number of nitrogens with one attached hydrogen (secondary N) is 2. The Morgan fingerprint density at radius 2 is 2.10 bits per heavy atom. The van der Waals surface area contributed by atoms with Crippen molar-refractivity contribution >= 4 is 6.01 Å². The fourth-order valence-electron chi connectivity index (χ4n) is 1.71. The molecule has 2 aromatic rings. The molecule has 2 N–H and O–H groups in total. The summed E-state index contributed by atoms with van der Waals surface area (Å²) in [4.78, 5) is 0.